The van der Waals surface area contributed by atoms with Gasteiger partial charge in [-0.05, 0) is 222 Å². The van der Waals surface area contributed by atoms with Gasteiger partial charge < -0.3 is 0 Å². The van der Waals surface area contributed by atoms with E-state index < -0.39 is 0 Å². The second kappa shape index (κ2) is 43.4. The number of nitrogens with zero attached hydrogens (tertiary/aromatic N) is 32. The monoisotopic (exact) mass is 2000 g/mol. The van der Waals surface area contributed by atoms with Crippen LogP contribution in [0, 0.1) is 41.5 Å². The molecule has 0 fully saturated rings. The molecular formula is C106H92N32O6S3. The van der Waals surface area contributed by atoms with Crippen LogP contribution < -0.4 is 0 Å². The van der Waals surface area contributed by atoms with Crippen molar-refractivity contribution in [3.05, 3.63) is 359 Å². The molecule has 24 heterocycles. The number of aliphatic imine (C=N–C) groups is 4. The van der Waals surface area contributed by atoms with Gasteiger partial charge >= 0.3 is 0 Å². The number of thiazole rings is 3. The highest BCUT2D eigenvalue weighted by atomic mass is 32.1. The standard InChI is InChI=1S/2C19H17N5O.C18H15N5O.C17H14N6OS.C17H15N5OS.C16H14N6OS/c2*1-12-3-4-16(21-8-12)7-18(25)17-6-15(14-5-13(2)20-9-14)10-24-11-22-23-19(17)24;1-12-6-13(9-20-12)14-7-16(18-22-21-11-23(18)10-14)17(24)8-15-4-2-3-5-19-15;1-10-5-18-19-6-14(10)12-3-13(17-22-20-9-23(17)7-12)15(24)4-16-21-11(2)8-25-16;1-10-3-12(6-18-10)13-4-14(17-21-19-9-22(17)7-13)15(23)5-16-20-11(2)8-24-16;1-10-8-24-15(18-10)6-14(23)12-5-11(13-3-4-21(2)20-13)7-22-9-17-19-16(12)22/h2*3-6,8,10-11H,7,9H2,1-2H3;2-7,10-11H,8-9H2,1H3;3,5-9H,4H2,1-2H3;3-4,7-9H,5-6H2,1-2H3;3-5,7-9H,6H2,1-2H3. The summed E-state index contributed by atoms with van der Waals surface area (Å²) in [6.07, 6.45) is 41.3. The molecule has 38 nitrogen and oxygen atoms in total. The Bertz CT molecular complexity index is 8620. The maximum Gasteiger partial charge on any atom is 0.173 e. The predicted octanol–water partition coefficient (Wildman–Crippen LogP) is 15.6. The average molecular weight is 2010 g/mol. The van der Waals surface area contributed by atoms with Crippen molar-refractivity contribution in [3.63, 3.8) is 0 Å². The van der Waals surface area contributed by atoms with Crippen molar-refractivity contribution in [2.45, 2.75) is 108 Å². The van der Waals surface area contributed by atoms with Crippen LogP contribution in [0.1, 0.15) is 178 Å². The van der Waals surface area contributed by atoms with Crippen LogP contribution in [0.5, 0.6) is 0 Å². The second-order valence-electron chi connectivity index (χ2n) is 35.4. The highest BCUT2D eigenvalue weighted by Crippen LogP contribution is 2.33. The highest BCUT2D eigenvalue weighted by Gasteiger charge is 2.27. The van der Waals surface area contributed by atoms with Crippen LogP contribution >= 0.6 is 34.0 Å². The number of ketones is 6. The zero-order valence-electron chi connectivity index (χ0n) is 81.6. The third kappa shape index (κ3) is 23.0. The largest absolute Gasteiger partial charge is 0.294 e. The lowest BCUT2D eigenvalue weighted by atomic mass is 10.0. The summed E-state index contributed by atoms with van der Waals surface area (Å²) in [4.78, 5) is 121. The maximum atomic E-state index is 12.9. The van der Waals surface area contributed by atoms with Crippen molar-refractivity contribution in [1.29, 1.82) is 0 Å². The van der Waals surface area contributed by atoms with E-state index in [0.717, 1.165) is 156 Å². The van der Waals surface area contributed by atoms with Gasteiger partial charge in [0.05, 0.1) is 116 Å². The lowest BCUT2D eigenvalue weighted by Crippen LogP contribution is -2.08. The van der Waals surface area contributed by atoms with E-state index in [0.29, 0.717) is 93.4 Å². The summed E-state index contributed by atoms with van der Waals surface area (Å²) in [7, 11) is 1.86. The van der Waals surface area contributed by atoms with E-state index in [9.17, 15) is 28.8 Å². The minimum Gasteiger partial charge on any atom is -0.294 e. The first-order valence-corrected chi connectivity index (χ1v) is 49.2. The van der Waals surface area contributed by atoms with E-state index in [1.165, 1.54) is 34.0 Å². The molecule has 0 saturated carbocycles. The molecule has 0 atom stereocenters. The molecule has 41 heteroatoms. The number of hydrogen-bond donors (Lipinski definition) is 0. The summed E-state index contributed by atoms with van der Waals surface area (Å²) < 4.78 is 12.4. The molecular weight excluding hydrogens is 1910 g/mol. The molecule has 0 unspecified atom stereocenters. The number of aryl methyl sites for hydroxylation is 7. The number of carbonyl (C=O) groups is 6. The van der Waals surface area contributed by atoms with E-state index in [4.69, 9.17) is 0 Å². The second-order valence-corrected chi connectivity index (χ2v) is 38.2. The van der Waals surface area contributed by atoms with E-state index in [1.54, 1.807) is 100 Å². The normalized spacial score (nSPS) is 13.0. The maximum absolute atomic E-state index is 12.9. The van der Waals surface area contributed by atoms with Crippen molar-refractivity contribution in [3.8, 4) is 22.4 Å². The van der Waals surface area contributed by atoms with Crippen LogP contribution in [0.25, 0.3) is 78.6 Å². The van der Waals surface area contributed by atoms with E-state index in [2.05, 4.69) is 126 Å². The molecule has 24 rings (SSSR count). The number of fused-ring (bicyclic) bond motifs is 6. The first kappa shape index (κ1) is 97.8. The van der Waals surface area contributed by atoms with Gasteiger partial charge in [-0.15, -0.1) is 95.2 Å². The minimum absolute atomic E-state index is 0.000405. The average Bonchev–Trinajstić information content (AvgIpc) is 1.65. The molecule has 0 spiro atoms. The number of allylic oxidation sites excluding steroid dienone is 4. The summed E-state index contributed by atoms with van der Waals surface area (Å²) in [5.74, 6) is -0.126. The summed E-state index contributed by atoms with van der Waals surface area (Å²) >= 11 is 4.49. The number of hydrogen-bond acceptors (Lipinski definition) is 34. The fourth-order valence-corrected chi connectivity index (χ4v) is 19.0. The zero-order chi connectivity index (χ0) is 102. The Morgan fingerprint density at radius 3 is 0.905 bits per heavy atom. The Labute approximate surface area is 851 Å². The van der Waals surface area contributed by atoms with E-state index in [-0.39, 0.29) is 73.2 Å². The van der Waals surface area contributed by atoms with Gasteiger partial charge in [-0.1, -0.05) is 18.2 Å². The van der Waals surface area contributed by atoms with Crippen molar-refractivity contribution < 1.29 is 28.8 Å². The predicted molar refractivity (Wildman–Crippen MR) is 561 cm³/mol. The van der Waals surface area contributed by atoms with Crippen LogP contribution in [0.15, 0.2) is 258 Å². The first-order valence-electron chi connectivity index (χ1n) is 46.5. The molecule has 20 aromatic rings. The molecule has 0 aliphatic carbocycles. The van der Waals surface area contributed by atoms with Gasteiger partial charge in [0.2, 0.25) is 0 Å². The van der Waals surface area contributed by atoms with Gasteiger partial charge in [0.15, 0.2) is 68.6 Å². The minimum atomic E-state index is -0.0335. The first-order chi connectivity index (χ1) is 71.2. The number of aromatic nitrogens is 28. The van der Waals surface area contributed by atoms with Crippen LogP contribution in [0.2, 0.25) is 0 Å². The molecule has 0 amide bonds. The van der Waals surface area contributed by atoms with Gasteiger partial charge in [-0.2, -0.15) is 15.3 Å². The molecule has 0 saturated heterocycles. The third-order valence-electron chi connectivity index (χ3n) is 24.0. The fraction of sp³-hybridized carbons (Fsp3) is 0.198. The van der Waals surface area contributed by atoms with Crippen molar-refractivity contribution in [2.75, 3.05) is 26.2 Å². The zero-order valence-corrected chi connectivity index (χ0v) is 84.0. The van der Waals surface area contributed by atoms with Crippen LogP contribution in [0.4, 0.5) is 0 Å². The lowest BCUT2D eigenvalue weighted by molar-refractivity contribution is 0.0984. The van der Waals surface area contributed by atoms with Crippen LogP contribution in [-0.4, -0.2) is 221 Å². The van der Waals surface area contributed by atoms with Crippen LogP contribution in [-0.2, 0) is 45.6 Å². The summed E-state index contributed by atoms with van der Waals surface area (Å²) in [6.45, 7) is 22.1. The Kier molecular flexibility index (Phi) is 28.9. The highest BCUT2D eigenvalue weighted by molar-refractivity contribution is 7.10. The lowest BCUT2D eigenvalue weighted by Gasteiger charge is -2.08. The summed E-state index contributed by atoms with van der Waals surface area (Å²) in [5, 5.41) is 68.7. The van der Waals surface area contributed by atoms with Crippen LogP contribution in [0.3, 0.4) is 0 Å². The van der Waals surface area contributed by atoms with E-state index >= 15 is 0 Å². The van der Waals surface area contributed by atoms with Gasteiger partial charge in [0.25, 0.3) is 0 Å². The topological polar surface area (TPSA) is 454 Å². The molecule has 4 aliphatic rings. The molecule has 4 aliphatic heterocycles. The van der Waals surface area contributed by atoms with Gasteiger partial charge in [-0.3, -0.25) is 94.8 Å². The van der Waals surface area contributed by atoms with Gasteiger partial charge in [-0.25, -0.2) is 15.0 Å². The van der Waals surface area contributed by atoms with Gasteiger partial charge in [0, 0.05) is 159 Å². The summed E-state index contributed by atoms with van der Waals surface area (Å²) in [6, 6.07) is 26.4. The van der Waals surface area contributed by atoms with Crippen molar-refractivity contribution in [2.24, 2.45) is 27.0 Å². The molecule has 0 bridgehead atoms. The number of rotatable bonds is 24. The molecule has 730 valence electrons. The smallest absolute Gasteiger partial charge is 0.173 e. The van der Waals surface area contributed by atoms with E-state index in [1.807, 2.05) is 245 Å². The summed E-state index contributed by atoms with van der Waals surface area (Å²) in [5.41, 5.74) is 30.5. The quantitative estimate of drug-likeness (QED) is 0.0507. The molecule has 0 N–H and O–H groups in total. The third-order valence-corrected chi connectivity index (χ3v) is 26.9. The van der Waals surface area contributed by atoms with Gasteiger partial charge in [0.1, 0.15) is 53.0 Å². The Balaban J connectivity index is 0.000000111. The SMILES string of the molecule is CC1=NCC(c2cc(C(=O)Cc3ccc(C)cn3)c3nncn3c2)=C1.CC1=NCC(c2cc(C(=O)Cc3ccc(C)cn3)c3nncn3c2)=C1.CC1=NCC(c2cc(C(=O)Cc3ccccn3)c3nncn3c2)=C1.CC1=NCC(c2cc(C(=O)Cc3nc(C)cs3)c3nncn3c2)=C1.Cc1csc(CC(=O)c2cc(-c3ccn(C)n3)cn3cnnc23)n1.Cc1csc(CC(=O)c2cc(-c3cnncc3C)cn3cnnc23)n1. The Morgan fingerprint density at radius 2 is 0.626 bits per heavy atom. The molecule has 147 heavy (non-hydrogen) atoms. The Morgan fingerprint density at radius 1 is 0.320 bits per heavy atom. The molecule has 0 radical (unpaired) electrons. The fourth-order valence-electron chi connectivity index (χ4n) is 16.6. The van der Waals surface area contributed by atoms with Crippen molar-refractivity contribution >= 4 is 148 Å². The molecule has 20 aromatic heterocycles. The van der Waals surface area contributed by atoms with Crippen molar-refractivity contribution in [1.82, 2.24) is 137 Å². The molecule has 0 aromatic carbocycles. The Hall–Kier alpha value is -18.0. The number of Topliss-reactive ketones (excluding diaryl/α,β-unsaturated/α-hetero) is 6. The number of pyridine rings is 9. The number of carbonyl (C=O) groups excluding carboxylic acids is 6.